The van der Waals surface area contributed by atoms with Crippen LogP contribution in [0.4, 0.5) is 8.78 Å². The third kappa shape index (κ3) is 3.49. The van der Waals surface area contributed by atoms with Gasteiger partial charge in [-0.15, -0.1) is 0 Å². The molecular formula is C12H15F2NO3S. The largest absolute Gasteiger partial charge is 0.393 e. The van der Waals surface area contributed by atoms with Gasteiger partial charge < -0.3 is 5.11 Å². The van der Waals surface area contributed by atoms with Gasteiger partial charge >= 0.3 is 0 Å². The molecule has 0 saturated heterocycles. The minimum absolute atomic E-state index is 0.0711. The van der Waals surface area contributed by atoms with E-state index in [1.54, 1.807) is 0 Å². The van der Waals surface area contributed by atoms with Crippen LogP contribution in [-0.4, -0.2) is 26.2 Å². The smallest absolute Gasteiger partial charge is 0.240 e. The Morgan fingerprint density at radius 2 is 1.84 bits per heavy atom. The predicted octanol–water partition coefficient (Wildman–Crippen LogP) is 1.40. The van der Waals surface area contributed by atoms with E-state index in [4.69, 9.17) is 0 Å². The number of hydrogen-bond acceptors (Lipinski definition) is 3. The molecule has 2 rings (SSSR count). The topological polar surface area (TPSA) is 66.4 Å². The highest BCUT2D eigenvalue weighted by Crippen LogP contribution is 2.25. The number of benzene rings is 1. The second-order valence-corrected chi connectivity index (χ2v) is 6.48. The Bertz CT molecular complexity index is 542. The van der Waals surface area contributed by atoms with Gasteiger partial charge in [0.05, 0.1) is 11.0 Å². The molecule has 0 spiro atoms. The molecular weight excluding hydrogens is 276 g/mol. The highest BCUT2D eigenvalue weighted by molar-refractivity contribution is 7.89. The van der Waals surface area contributed by atoms with E-state index in [9.17, 15) is 22.3 Å². The van der Waals surface area contributed by atoms with E-state index in [1.165, 1.54) is 0 Å². The number of nitrogens with one attached hydrogen (secondary N) is 1. The van der Waals surface area contributed by atoms with Crippen LogP contribution in [0.25, 0.3) is 0 Å². The molecule has 7 heteroatoms. The first-order valence-corrected chi connectivity index (χ1v) is 7.50. The number of hydrogen-bond donors (Lipinski definition) is 2. The molecule has 0 bridgehead atoms. The highest BCUT2D eigenvalue weighted by atomic mass is 32.2. The summed E-state index contributed by atoms with van der Waals surface area (Å²) in [6.45, 7) is 0.0711. The van der Waals surface area contributed by atoms with E-state index in [0.29, 0.717) is 12.5 Å². The summed E-state index contributed by atoms with van der Waals surface area (Å²) in [5, 5.41) is 9.59. The van der Waals surface area contributed by atoms with Crippen molar-refractivity contribution in [3.8, 4) is 0 Å². The van der Waals surface area contributed by atoms with Crippen LogP contribution < -0.4 is 4.72 Å². The number of halogens is 2. The second kappa shape index (κ2) is 5.52. The average molecular weight is 291 g/mol. The van der Waals surface area contributed by atoms with Gasteiger partial charge in [0.25, 0.3) is 0 Å². The van der Waals surface area contributed by atoms with E-state index in [1.807, 2.05) is 0 Å². The van der Waals surface area contributed by atoms with E-state index in [2.05, 4.69) is 4.72 Å². The van der Waals surface area contributed by atoms with Crippen LogP contribution in [0.2, 0.25) is 0 Å². The third-order valence-corrected chi connectivity index (χ3v) is 4.70. The monoisotopic (exact) mass is 291 g/mol. The molecule has 2 N–H and O–H groups in total. The number of aliphatic hydroxyl groups excluding tert-OH is 1. The maximum absolute atomic E-state index is 13.0. The summed E-state index contributed by atoms with van der Waals surface area (Å²) in [6.07, 6.45) is 1.72. The molecule has 2 atom stereocenters. The lowest BCUT2D eigenvalue weighted by Crippen LogP contribution is -2.32. The Balaban J connectivity index is 2.09. The first-order valence-electron chi connectivity index (χ1n) is 6.02. The molecule has 1 aromatic rings. The van der Waals surface area contributed by atoms with Crippen LogP contribution in [0, 0.1) is 17.6 Å². The van der Waals surface area contributed by atoms with Gasteiger partial charge in [0.15, 0.2) is 0 Å². The Morgan fingerprint density at radius 3 is 2.37 bits per heavy atom. The summed E-state index contributed by atoms with van der Waals surface area (Å²) < 4.78 is 52.0. The van der Waals surface area contributed by atoms with Crippen molar-refractivity contribution in [3.63, 3.8) is 0 Å². The normalized spacial score (nSPS) is 23.7. The Hall–Kier alpha value is -1.05. The molecule has 1 saturated carbocycles. The molecule has 4 nitrogen and oxygen atoms in total. The van der Waals surface area contributed by atoms with E-state index in [0.717, 1.165) is 25.0 Å². The molecule has 1 aliphatic rings. The van der Waals surface area contributed by atoms with Crippen molar-refractivity contribution >= 4 is 10.0 Å². The van der Waals surface area contributed by atoms with Gasteiger partial charge in [0.2, 0.25) is 10.0 Å². The fraction of sp³-hybridized carbons (Fsp3) is 0.500. The minimum Gasteiger partial charge on any atom is -0.393 e. The minimum atomic E-state index is -3.96. The zero-order valence-corrected chi connectivity index (χ0v) is 11.0. The Kier molecular flexibility index (Phi) is 4.17. The van der Waals surface area contributed by atoms with E-state index in [-0.39, 0.29) is 12.5 Å². The van der Waals surface area contributed by atoms with Gasteiger partial charge in [-0.2, -0.15) is 0 Å². The molecule has 0 amide bonds. The average Bonchev–Trinajstić information content (AvgIpc) is 2.71. The Labute approximate surface area is 110 Å². The van der Waals surface area contributed by atoms with Crippen LogP contribution in [0.1, 0.15) is 19.3 Å². The second-order valence-electron chi connectivity index (χ2n) is 4.72. The van der Waals surface area contributed by atoms with Crippen molar-refractivity contribution in [2.75, 3.05) is 6.54 Å². The van der Waals surface area contributed by atoms with Crippen molar-refractivity contribution in [3.05, 3.63) is 29.8 Å². The summed E-state index contributed by atoms with van der Waals surface area (Å²) in [5.41, 5.74) is 0. The summed E-state index contributed by atoms with van der Waals surface area (Å²) >= 11 is 0. The zero-order valence-electron chi connectivity index (χ0n) is 10.1. The fourth-order valence-electron chi connectivity index (χ4n) is 2.24. The number of sulfonamides is 1. The lowest BCUT2D eigenvalue weighted by Gasteiger charge is -2.15. The first kappa shape index (κ1) is 14.4. The molecule has 0 radical (unpaired) electrons. The van der Waals surface area contributed by atoms with Crippen LogP contribution in [0.3, 0.4) is 0 Å². The highest BCUT2D eigenvalue weighted by Gasteiger charge is 2.27. The van der Waals surface area contributed by atoms with Crippen molar-refractivity contribution in [1.82, 2.24) is 4.72 Å². The molecule has 1 aromatic carbocycles. The quantitative estimate of drug-likeness (QED) is 0.881. The summed E-state index contributed by atoms with van der Waals surface area (Å²) in [5.74, 6) is -2.03. The maximum atomic E-state index is 13.0. The maximum Gasteiger partial charge on any atom is 0.240 e. The van der Waals surface area contributed by atoms with Gasteiger partial charge in [-0.3, -0.25) is 0 Å². The van der Waals surface area contributed by atoms with Gasteiger partial charge in [-0.25, -0.2) is 21.9 Å². The SMILES string of the molecule is O=S(=O)(NCC1CCCC1O)c1cc(F)cc(F)c1. The molecule has 2 unspecified atom stereocenters. The summed E-state index contributed by atoms with van der Waals surface area (Å²) in [7, 11) is -3.96. The van der Waals surface area contributed by atoms with E-state index >= 15 is 0 Å². The van der Waals surface area contributed by atoms with Crippen molar-refractivity contribution < 1.29 is 22.3 Å². The predicted molar refractivity (Wildman–Crippen MR) is 64.9 cm³/mol. The molecule has 0 aliphatic heterocycles. The van der Waals surface area contributed by atoms with Crippen molar-refractivity contribution in [1.29, 1.82) is 0 Å². The standard InChI is InChI=1S/C12H15F2NO3S/c13-9-4-10(14)6-11(5-9)19(17,18)15-7-8-2-1-3-12(8)16/h4-6,8,12,15-16H,1-3,7H2. The molecule has 1 aliphatic carbocycles. The summed E-state index contributed by atoms with van der Waals surface area (Å²) in [6, 6.07) is 2.13. The van der Waals surface area contributed by atoms with Crippen LogP contribution in [0.15, 0.2) is 23.1 Å². The van der Waals surface area contributed by atoms with Gasteiger partial charge in [-0.1, -0.05) is 6.42 Å². The molecule has 19 heavy (non-hydrogen) atoms. The van der Waals surface area contributed by atoms with Crippen molar-refractivity contribution in [2.24, 2.45) is 5.92 Å². The summed E-state index contributed by atoms with van der Waals surface area (Å²) in [4.78, 5) is -0.447. The first-order chi connectivity index (χ1) is 8.88. The lowest BCUT2D eigenvalue weighted by molar-refractivity contribution is 0.134. The fourth-order valence-corrected chi connectivity index (χ4v) is 3.37. The molecule has 106 valence electrons. The van der Waals surface area contributed by atoms with Gasteiger partial charge in [0, 0.05) is 12.6 Å². The lowest BCUT2D eigenvalue weighted by atomic mass is 10.1. The number of rotatable bonds is 4. The van der Waals surface area contributed by atoms with Crippen molar-refractivity contribution in [2.45, 2.75) is 30.3 Å². The van der Waals surface area contributed by atoms with Gasteiger partial charge in [-0.05, 0) is 30.9 Å². The van der Waals surface area contributed by atoms with E-state index < -0.39 is 32.7 Å². The zero-order chi connectivity index (χ0) is 14.0. The Morgan fingerprint density at radius 1 is 1.21 bits per heavy atom. The number of aliphatic hydroxyl groups is 1. The molecule has 1 fully saturated rings. The van der Waals surface area contributed by atoms with Crippen LogP contribution >= 0.6 is 0 Å². The van der Waals surface area contributed by atoms with Crippen LogP contribution in [-0.2, 0) is 10.0 Å². The van der Waals surface area contributed by atoms with Gasteiger partial charge in [0.1, 0.15) is 11.6 Å². The molecule has 0 aromatic heterocycles. The third-order valence-electron chi connectivity index (χ3n) is 3.30. The van der Waals surface area contributed by atoms with Crippen LogP contribution in [0.5, 0.6) is 0 Å². The molecule has 0 heterocycles.